The number of nitrogens with one attached hydrogen (secondary N) is 1. The molecule has 0 spiro atoms. The Kier molecular flexibility index (Phi) is 4.49. The van der Waals surface area contributed by atoms with Gasteiger partial charge in [-0.05, 0) is 47.7 Å². The highest BCUT2D eigenvalue weighted by Gasteiger charge is 2.38. The van der Waals surface area contributed by atoms with Crippen LogP contribution in [0.3, 0.4) is 0 Å². The fourth-order valence-corrected chi connectivity index (χ4v) is 4.17. The molecule has 0 saturated heterocycles. The van der Waals surface area contributed by atoms with Crippen LogP contribution in [0.25, 0.3) is 0 Å². The molecule has 1 amide bonds. The molecular formula is C21H17BrFNO2. The summed E-state index contributed by atoms with van der Waals surface area (Å²) >= 11 is 3.42. The summed E-state index contributed by atoms with van der Waals surface area (Å²) in [5.41, 5.74) is 3.35. The number of hydrogen-bond acceptors (Lipinski definition) is 2. The van der Waals surface area contributed by atoms with Gasteiger partial charge in [-0.2, -0.15) is 0 Å². The van der Waals surface area contributed by atoms with Crippen molar-refractivity contribution in [2.24, 2.45) is 0 Å². The number of benzene rings is 2. The highest BCUT2D eigenvalue weighted by molar-refractivity contribution is 9.10. The number of halogens is 2. The molecule has 3 nitrogen and oxygen atoms in total. The Balaban J connectivity index is 1.70. The van der Waals surface area contributed by atoms with E-state index in [9.17, 15) is 14.0 Å². The lowest BCUT2D eigenvalue weighted by atomic mass is 9.73. The highest BCUT2D eigenvalue weighted by atomic mass is 79.9. The van der Waals surface area contributed by atoms with E-state index >= 15 is 0 Å². The third kappa shape index (κ3) is 3.23. The lowest BCUT2D eigenvalue weighted by molar-refractivity contribution is -0.122. The van der Waals surface area contributed by atoms with Gasteiger partial charge in [0.1, 0.15) is 5.82 Å². The Bertz CT molecular complexity index is 903. The predicted molar refractivity (Wildman–Crippen MR) is 100 cm³/mol. The number of Topliss-reactive ketones (excluding diaryl/α,β-unsaturated/α-hetero) is 1. The van der Waals surface area contributed by atoms with Crippen molar-refractivity contribution in [3.63, 3.8) is 0 Å². The molecule has 1 N–H and O–H groups in total. The average molecular weight is 414 g/mol. The normalized spacial score (nSPS) is 22.8. The van der Waals surface area contributed by atoms with Gasteiger partial charge in [-0.1, -0.05) is 40.2 Å². The third-order valence-corrected chi connectivity index (χ3v) is 5.68. The summed E-state index contributed by atoms with van der Waals surface area (Å²) in [7, 11) is 0. The monoisotopic (exact) mass is 413 g/mol. The first kappa shape index (κ1) is 17.2. The summed E-state index contributed by atoms with van der Waals surface area (Å²) in [6, 6.07) is 14.0. The van der Waals surface area contributed by atoms with Crippen molar-refractivity contribution in [3.05, 3.63) is 81.2 Å². The van der Waals surface area contributed by atoms with Crippen molar-refractivity contribution in [1.82, 2.24) is 5.32 Å². The third-order valence-electron chi connectivity index (χ3n) is 5.15. The number of carbonyl (C=O) groups is 2. The van der Waals surface area contributed by atoms with Crippen LogP contribution in [0.15, 0.2) is 64.3 Å². The van der Waals surface area contributed by atoms with Gasteiger partial charge in [0, 0.05) is 34.5 Å². The van der Waals surface area contributed by atoms with Crippen molar-refractivity contribution in [2.45, 2.75) is 31.1 Å². The molecule has 26 heavy (non-hydrogen) atoms. The Morgan fingerprint density at radius 2 is 1.54 bits per heavy atom. The van der Waals surface area contributed by atoms with Gasteiger partial charge in [0.05, 0.1) is 0 Å². The zero-order valence-electron chi connectivity index (χ0n) is 14.0. The summed E-state index contributed by atoms with van der Waals surface area (Å²) in [4.78, 5) is 25.2. The molecule has 1 heterocycles. The van der Waals surface area contributed by atoms with E-state index in [0.717, 1.165) is 26.9 Å². The zero-order valence-corrected chi connectivity index (χ0v) is 15.6. The fourth-order valence-electron chi connectivity index (χ4n) is 3.91. The second-order valence-corrected chi connectivity index (χ2v) is 7.74. The number of rotatable bonds is 2. The van der Waals surface area contributed by atoms with Gasteiger partial charge in [-0.3, -0.25) is 9.59 Å². The highest BCUT2D eigenvalue weighted by Crippen LogP contribution is 2.42. The van der Waals surface area contributed by atoms with E-state index in [-0.39, 0.29) is 35.8 Å². The zero-order chi connectivity index (χ0) is 18.3. The summed E-state index contributed by atoms with van der Waals surface area (Å²) in [5, 5.41) is 2.91. The van der Waals surface area contributed by atoms with Gasteiger partial charge >= 0.3 is 0 Å². The Morgan fingerprint density at radius 1 is 0.885 bits per heavy atom. The van der Waals surface area contributed by atoms with Crippen LogP contribution < -0.4 is 5.32 Å². The Labute approximate surface area is 159 Å². The van der Waals surface area contributed by atoms with Crippen LogP contribution in [0.4, 0.5) is 4.39 Å². The maximum Gasteiger partial charge on any atom is 0.225 e. The van der Waals surface area contributed by atoms with Crippen LogP contribution in [-0.2, 0) is 9.59 Å². The molecule has 0 saturated carbocycles. The van der Waals surface area contributed by atoms with E-state index in [1.54, 1.807) is 12.1 Å². The van der Waals surface area contributed by atoms with Crippen LogP contribution in [0.5, 0.6) is 0 Å². The molecule has 0 fully saturated rings. The van der Waals surface area contributed by atoms with Crippen molar-refractivity contribution < 1.29 is 14.0 Å². The molecular weight excluding hydrogens is 397 g/mol. The van der Waals surface area contributed by atoms with E-state index < -0.39 is 0 Å². The number of carbonyl (C=O) groups excluding carboxylic acids is 2. The first-order valence-electron chi connectivity index (χ1n) is 8.58. The Morgan fingerprint density at radius 3 is 2.23 bits per heavy atom. The van der Waals surface area contributed by atoms with Crippen molar-refractivity contribution in [2.75, 3.05) is 0 Å². The Hall–Kier alpha value is -2.27. The molecule has 0 bridgehead atoms. The van der Waals surface area contributed by atoms with E-state index in [1.807, 2.05) is 24.3 Å². The summed E-state index contributed by atoms with van der Waals surface area (Å²) < 4.78 is 14.1. The van der Waals surface area contributed by atoms with Gasteiger partial charge in [-0.25, -0.2) is 4.39 Å². The summed E-state index contributed by atoms with van der Waals surface area (Å²) in [6.45, 7) is 0. The first-order chi connectivity index (χ1) is 12.5. The van der Waals surface area contributed by atoms with E-state index in [4.69, 9.17) is 0 Å². The van der Waals surface area contributed by atoms with Crippen LogP contribution in [0, 0.1) is 5.82 Å². The minimum Gasteiger partial charge on any atom is -0.329 e. The number of allylic oxidation sites excluding steroid dienone is 2. The van der Waals surface area contributed by atoms with Crippen molar-refractivity contribution in [1.29, 1.82) is 0 Å². The molecule has 132 valence electrons. The quantitative estimate of drug-likeness (QED) is 0.782. The van der Waals surface area contributed by atoms with E-state index in [2.05, 4.69) is 21.2 Å². The number of amides is 1. The minimum absolute atomic E-state index is 0.0363. The standard InChI is InChI=1S/C21H17BrFNO2/c22-15-5-1-13(2-6-15)17-11-20(26)24-18-9-14(10-19(25)21(17)18)12-3-7-16(23)8-4-12/h1-8,14,17H,9-11H2,(H,24,26). The van der Waals surface area contributed by atoms with Gasteiger partial charge in [0.2, 0.25) is 5.91 Å². The van der Waals surface area contributed by atoms with Crippen LogP contribution in [-0.4, -0.2) is 11.7 Å². The van der Waals surface area contributed by atoms with Gasteiger partial charge < -0.3 is 5.32 Å². The summed E-state index contributed by atoms with van der Waals surface area (Å²) in [6.07, 6.45) is 1.26. The smallest absolute Gasteiger partial charge is 0.225 e. The minimum atomic E-state index is -0.294. The lowest BCUT2D eigenvalue weighted by Crippen LogP contribution is -2.38. The molecule has 1 aliphatic carbocycles. The van der Waals surface area contributed by atoms with Gasteiger partial charge in [0.15, 0.2) is 5.78 Å². The maximum atomic E-state index is 13.2. The molecule has 0 radical (unpaired) electrons. The molecule has 2 atom stereocenters. The van der Waals surface area contributed by atoms with Gasteiger partial charge in [0.25, 0.3) is 0 Å². The second kappa shape index (κ2) is 6.80. The molecule has 2 aromatic rings. The molecule has 2 unspecified atom stereocenters. The molecule has 1 aliphatic heterocycles. The largest absolute Gasteiger partial charge is 0.329 e. The maximum absolute atomic E-state index is 13.2. The fraction of sp³-hybridized carbons (Fsp3) is 0.238. The SMILES string of the molecule is O=C1CC(c2ccc(Br)cc2)C2=C(CC(c3ccc(F)cc3)CC2=O)N1. The summed E-state index contributed by atoms with van der Waals surface area (Å²) in [5.74, 6) is -0.533. The van der Waals surface area contributed by atoms with Crippen LogP contribution in [0.1, 0.15) is 42.2 Å². The van der Waals surface area contributed by atoms with Gasteiger partial charge in [-0.15, -0.1) is 0 Å². The average Bonchev–Trinajstić information content (AvgIpc) is 2.62. The number of ketones is 1. The molecule has 4 rings (SSSR count). The first-order valence-corrected chi connectivity index (χ1v) is 9.37. The van der Waals surface area contributed by atoms with E-state index in [0.29, 0.717) is 12.8 Å². The molecule has 2 aliphatic rings. The van der Waals surface area contributed by atoms with Crippen LogP contribution >= 0.6 is 15.9 Å². The van der Waals surface area contributed by atoms with Crippen LogP contribution in [0.2, 0.25) is 0 Å². The topological polar surface area (TPSA) is 46.2 Å². The lowest BCUT2D eigenvalue weighted by Gasteiger charge is -2.34. The molecule has 5 heteroatoms. The number of hydrogen-bond donors (Lipinski definition) is 1. The van der Waals surface area contributed by atoms with Crippen molar-refractivity contribution >= 4 is 27.6 Å². The molecule has 0 aromatic heterocycles. The van der Waals surface area contributed by atoms with E-state index in [1.165, 1.54) is 12.1 Å². The van der Waals surface area contributed by atoms with Crippen molar-refractivity contribution in [3.8, 4) is 0 Å². The predicted octanol–water partition coefficient (Wildman–Crippen LogP) is 4.59. The second-order valence-electron chi connectivity index (χ2n) is 6.83. The molecule has 2 aromatic carbocycles.